The van der Waals surface area contributed by atoms with Crippen molar-refractivity contribution in [1.29, 1.82) is 0 Å². The van der Waals surface area contributed by atoms with Crippen LogP contribution in [0, 0.1) is 0 Å². The third-order valence-electron chi connectivity index (χ3n) is 5.64. The van der Waals surface area contributed by atoms with E-state index in [4.69, 9.17) is 44.2 Å². The van der Waals surface area contributed by atoms with Gasteiger partial charge in [-0.3, -0.25) is 19.6 Å². The van der Waals surface area contributed by atoms with Crippen LogP contribution in [0.15, 0.2) is 121 Å². The molecule has 4 rings (SSSR count). The van der Waals surface area contributed by atoms with Gasteiger partial charge in [0.15, 0.2) is 0 Å². The average molecular weight is 776 g/mol. The number of rotatable bonds is 14. The summed E-state index contributed by atoms with van der Waals surface area (Å²) in [5.41, 5.74) is 59.3. The summed E-state index contributed by atoms with van der Waals surface area (Å²) in [6.45, 7) is 7.70. The van der Waals surface area contributed by atoms with Crippen LogP contribution in [-0.2, 0) is 60.3 Å². The predicted octanol–water partition coefficient (Wildman–Crippen LogP) is 8.59. The molecular formula is C32H40Cu2N16-4. The molecule has 0 fully saturated rings. The van der Waals surface area contributed by atoms with Crippen molar-refractivity contribution in [3.8, 4) is 0 Å². The molecule has 4 N–H and O–H groups in total. The maximum atomic E-state index is 6.75. The van der Waals surface area contributed by atoms with E-state index in [1.165, 1.54) is 41.9 Å². The largest absolute Gasteiger partial charge is 0.373 e. The van der Waals surface area contributed by atoms with Crippen LogP contribution in [0.3, 0.4) is 0 Å². The molecule has 0 aromatic heterocycles. The van der Waals surface area contributed by atoms with Crippen LogP contribution in [0.1, 0.15) is 22.3 Å². The van der Waals surface area contributed by atoms with E-state index in [1.807, 2.05) is 24.3 Å². The zero-order chi connectivity index (χ0) is 35.8. The van der Waals surface area contributed by atoms with E-state index in [2.05, 4.69) is 118 Å². The molecule has 4 aromatic carbocycles. The third kappa shape index (κ3) is 37.5. The summed E-state index contributed by atoms with van der Waals surface area (Å²) in [6.07, 6.45) is 0. The molecule has 0 unspecified atom stereocenters. The normalized spacial score (nSPS) is 8.16. The van der Waals surface area contributed by atoms with Gasteiger partial charge in [0, 0.05) is 86.5 Å². The average Bonchev–Trinajstić information content (AvgIpc) is 3.11. The molecule has 4 aromatic rings. The number of nitrogens with zero attached hydrogens (tertiary/aromatic N) is 12. The molecule has 18 heteroatoms. The molecule has 0 aliphatic heterocycles. The van der Waals surface area contributed by atoms with Gasteiger partial charge in [0.1, 0.15) is 0 Å². The Morgan fingerprint density at radius 2 is 0.440 bits per heavy atom. The Morgan fingerprint density at radius 1 is 0.300 bits per heavy atom. The molecule has 16 nitrogen and oxygen atoms in total. The second-order valence-corrected chi connectivity index (χ2v) is 9.01. The van der Waals surface area contributed by atoms with Gasteiger partial charge in [-0.25, -0.2) is 0 Å². The SMILES string of the molecule is [Cu].[Cu].[N-]=[N+]=[N-].[N-]=[N+]=[N-].[N-]=[N+]=[N-].[N-]=[N+]=[N-].c1ccc(CNCCNCc2ccccc2)cc1.c1ccc(CNCCNCc2ccccc2)cc1. The summed E-state index contributed by atoms with van der Waals surface area (Å²) in [5, 5.41) is 13.7. The van der Waals surface area contributed by atoms with E-state index in [1.54, 1.807) is 0 Å². The number of hydrogen-bond donors (Lipinski definition) is 4. The van der Waals surface area contributed by atoms with Crippen molar-refractivity contribution in [3.63, 3.8) is 0 Å². The molecule has 0 spiro atoms. The van der Waals surface area contributed by atoms with Crippen LogP contribution >= 0.6 is 0 Å². The Labute approximate surface area is 314 Å². The Bertz CT molecular complexity index is 1190. The van der Waals surface area contributed by atoms with Gasteiger partial charge in [0.2, 0.25) is 0 Å². The fourth-order valence-electron chi connectivity index (χ4n) is 3.67. The molecule has 0 heterocycles. The van der Waals surface area contributed by atoms with Gasteiger partial charge in [-0.15, -0.1) is 0 Å². The van der Waals surface area contributed by atoms with E-state index in [0.29, 0.717) is 0 Å². The van der Waals surface area contributed by atoms with Gasteiger partial charge in [0.05, 0.1) is 0 Å². The minimum Gasteiger partial charge on any atom is -0.373 e. The number of nitrogens with one attached hydrogen (secondary N) is 4. The van der Waals surface area contributed by atoms with Crippen LogP contribution in [0.25, 0.3) is 63.9 Å². The van der Waals surface area contributed by atoms with E-state index >= 15 is 0 Å². The van der Waals surface area contributed by atoms with E-state index in [9.17, 15) is 0 Å². The number of hydrogen-bond acceptors (Lipinski definition) is 4. The number of benzene rings is 4. The van der Waals surface area contributed by atoms with Crippen molar-refractivity contribution in [2.45, 2.75) is 26.2 Å². The van der Waals surface area contributed by atoms with Crippen molar-refractivity contribution in [1.82, 2.24) is 21.3 Å². The van der Waals surface area contributed by atoms with Crippen LogP contribution < -0.4 is 21.3 Å². The Hall–Kier alpha value is -5.00. The molecule has 0 bridgehead atoms. The molecule has 50 heavy (non-hydrogen) atoms. The molecule has 0 atom stereocenters. The molecule has 0 saturated heterocycles. The van der Waals surface area contributed by atoms with Crippen molar-refractivity contribution >= 4 is 0 Å². The summed E-state index contributed by atoms with van der Waals surface area (Å²) in [6, 6.07) is 41.9. The first-order chi connectivity index (χ1) is 23.6. The monoisotopic (exact) mass is 774 g/mol. The maximum Gasteiger partial charge on any atom is 0.0206 e. The first-order valence-corrected chi connectivity index (χ1v) is 14.5. The first-order valence-electron chi connectivity index (χ1n) is 14.5. The van der Waals surface area contributed by atoms with Gasteiger partial charge < -0.3 is 65.5 Å². The smallest absolute Gasteiger partial charge is 0.0206 e. The Kier molecular flexibility index (Phi) is 45.6. The molecule has 0 saturated carbocycles. The topological polar surface area (TPSA) is 283 Å². The summed E-state index contributed by atoms with van der Waals surface area (Å²) in [4.78, 5) is 6.00. The summed E-state index contributed by atoms with van der Waals surface area (Å²) in [7, 11) is 0. The van der Waals surface area contributed by atoms with Gasteiger partial charge in [0.25, 0.3) is 0 Å². The van der Waals surface area contributed by atoms with E-state index in [-0.39, 0.29) is 34.1 Å². The Balaban J connectivity index is -0.000000312. The fraction of sp³-hybridized carbons (Fsp3) is 0.250. The van der Waals surface area contributed by atoms with Crippen LogP contribution in [0.2, 0.25) is 0 Å². The molecule has 2 radical (unpaired) electrons. The summed E-state index contributed by atoms with van der Waals surface area (Å²) < 4.78 is 0. The van der Waals surface area contributed by atoms with Crippen molar-refractivity contribution in [3.05, 3.63) is 207 Å². The van der Waals surface area contributed by atoms with Crippen molar-refractivity contribution < 1.29 is 34.1 Å². The predicted molar refractivity (Wildman–Crippen MR) is 193 cm³/mol. The van der Waals surface area contributed by atoms with Crippen LogP contribution in [0.4, 0.5) is 0 Å². The van der Waals surface area contributed by atoms with E-state index in [0.717, 1.165) is 52.4 Å². The fourth-order valence-corrected chi connectivity index (χ4v) is 3.67. The summed E-state index contributed by atoms with van der Waals surface area (Å²) in [5.74, 6) is 0. The van der Waals surface area contributed by atoms with Gasteiger partial charge in [-0.1, -0.05) is 121 Å². The second kappa shape index (κ2) is 44.0. The third-order valence-corrected chi connectivity index (χ3v) is 5.64. The quantitative estimate of drug-likeness (QED) is 0.0321. The van der Waals surface area contributed by atoms with E-state index < -0.39 is 0 Å². The standard InChI is InChI=1S/2C16H20N2.2Cu.4N3/c2*1-3-7-15(8-4-1)13-17-11-12-18-14-16-9-5-2-6-10-16;;;4*1-3-2/h2*1-10,17-18H,11-14H2;;;;;;/q;;;;4*-1. The molecule has 0 aliphatic carbocycles. The van der Waals surface area contributed by atoms with Crippen LogP contribution in [0.5, 0.6) is 0 Å². The molecule has 0 aliphatic rings. The second-order valence-electron chi connectivity index (χ2n) is 9.01. The van der Waals surface area contributed by atoms with Gasteiger partial charge in [-0.05, 0) is 22.3 Å². The first kappa shape index (κ1) is 51.8. The van der Waals surface area contributed by atoms with Gasteiger partial charge in [-0.2, -0.15) is 0 Å². The van der Waals surface area contributed by atoms with Crippen molar-refractivity contribution in [2.75, 3.05) is 26.2 Å². The molecule has 0 amide bonds. The van der Waals surface area contributed by atoms with Crippen LogP contribution in [-0.4, -0.2) is 26.2 Å². The van der Waals surface area contributed by atoms with Crippen molar-refractivity contribution in [2.24, 2.45) is 0 Å². The van der Waals surface area contributed by atoms with Gasteiger partial charge >= 0.3 is 0 Å². The summed E-state index contributed by atoms with van der Waals surface area (Å²) >= 11 is 0. The maximum absolute atomic E-state index is 6.75. The zero-order valence-electron chi connectivity index (χ0n) is 27.2. The Morgan fingerprint density at radius 3 is 0.580 bits per heavy atom. The molecule has 274 valence electrons. The zero-order valence-corrected chi connectivity index (χ0v) is 29.1. The minimum absolute atomic E-state index is 0. The minimum atomic E-state index is 0. The molecular weight excluding hydrogens is 736 g/mol.